The number of benzene rings is 2. The first kappa shape index (κ1) is 31.3. The number of anilines is 2. The van der Waals surface area contributed by atoms with E-state index in [0.29, 0.717) is 33.9 Å². The molecule has 234 valence electrons. The van der Waals surface area contributed by atoms with E-state index in [2.05, 4.69) is 15.6 Å². The number of hydrazine groups is 1. The second kappa shape index (κ2) is 12.4. The number of hydrogen-bond donors (Lipinski definition) is 1. The maximum absolute atomic E-state index is 14.7. The topological polar surface area (TPSA) is 123 Å². The molecule has 11 nitrogen and oxygen atoms in total. The van der Waals surface area contributed by atoms with Crippen LogP contribution < -0.4 is 14.7 Å². The SMILES string of the molecule is COCCOCN(c1noc(C)c1C)S(=O)(=O)c1c(-c2ccc(-c3ncco3)cc2)ccc(N2C=CC(C(F)(F)F)N2)c1C. The number of sulfonamides is 1. The molecule has 1 atom stereocenters. The summed E-state index contributed by atoms with van der Waals surface area (Å²) in [4.78, 5) is 3.99. The summed E-state index contributed by atoms with van der Waals surface area (Å²) in [5, 5.41) is 5.16. The molecular weight excluding hydrogens is 603 g/mol. The summed E-state index contributed by atoms with van der Waals surface area (Å²) in [7, 11) is -3.01. The zero-order valence-electron chi connectivity index (χ0n) is 24.3. The summed E-state index contributed by atoms with van der Waals surface area (Å²) in [6, 6.07) is 8.07. The number of alkyl halides is 3. The van der Waals surface area contributed by atoms with Gasteiger partial charge in [-0.1, -0.05) is 23.4 Å². The van der Waals surface area contributed by atoms with Crippen molar-refractivity contribution in [2.45, 2.75) is 37.9 Å². The molecule has 1 unspecified atom stereocenters. The standard InChI is InChI=1S/C29H30F3N5O6S/c1-18-20(3)43-35-27(18)37(17-41-16-15-40-4)44(38,39)26-19(2)24(36-13-11-25(34-36)29(30,31)32)10-9-23(26)21-5-7-22(8-6-21)28-33-12-14-42-28/h5-14,25,34H,15-17H2,1-4H3. The second-order valence-electron chi connectivity index (χ2n) is 9.93. The average Bonchev–Trinajstić information content (AvgIpc) is 3.76. The van der Waals surface area contributed by atoms with E-state index in [9.17, 15) is 21.6 Å². The minimum atomic E-state index is -4.54. The van der Waals surface area contributed by atoms with Crippen LogP contribution in [0.25, 0.3) is 22.6 Å². The largest absolute Gasteiger partial charge is 0.445 e. The van der Waals surface area contributed by atoms with Crippen molar-refractivity contribution < 1.29 is 40.0 Å². The predicted molar refractivity (Wildman–Crippen MR) is 155 cm³/mol. The molecule has 0 radical (unpaired) electrons. The third-order valence-corrected chi connectivity index (χ3v) is 9.03. The first-order chi connectivity index (χ1) is 20.9. The lowest BCUT2D eigenvalue weighted by Crippen LogP contribution is -2.44. The molecule has 44 heavy (non-hydrogen) atoms. The van der Waals surface area contributed by atoms with Gasteiger partial charge in [0.25, 0.3) is 10.0 Å². The smallest absolute Gasteiger partial charge is 0.409 e. The van der Waals surface area contributed by atoms with E-state index in [1.165, 1.54) is 32.7 Å². The summed E-state index contributed by atoms with van der Waals surface area (Å²) in [5.41, 5.74) is 4.76. The molecule has 15 heteroatoms. The fourth-order valence-corrected chi connectivity index (χ4v) is 6.47. The summed E-state index contributed by atoms with van der Waals surface area (Å²) in [6.07, 6.45) is 0.588. The lowest BCUT2D eigenvalue weighted by Gasteiger charge is -2.28. The van der Waals surface area contributed by atoms with Gasteiger partial charge < -0.3 is 18.4 Å². The monoisotopic (exact) mass is 633 g/mol. The maximum atomic E-state index is 14.7. The molecule has 5 rings (SSSR count). The minimum Gasteiger partial charge on any atom is -0.445 e. The van der Waals surface area contributed by atoms with Gasteiger partial charge in [0.2, 0.25) is 5.89 Å². The highest BCUT2D eigenvalue weighted by Crippen LogP contribution is 2.40. The highest BCUT2D eigenvalue weighted by molar-refractivity contribution is 7.93. The lowest BCUT2D eigenvalue weighted by atomic mass is 10.0. The molecular formula is C29H30F3N5O6S. The van der Waals surface area contributed by atoms with Gasteiger partial charge >= 0.3 is 6.18 Å². The van der Waals surface area contributed by atoms with E-state index in [1.807, 2.05) is 0 Å². The van der Waals surface area contributed by atoms with E-state index >= 15 is 0 Å². The highest BCUT2D eigenvalue weighted by atomic mass is 32.2. The fourth-order valence-electron chi connectivity index (χ4n) is 4.68. The van der Waals surface area contributed by atoms with Gasteiger partial charge in [-0.25, -0.2) is 23.1 Å². The third kappa shape index (κ3) is 6.08. The van der Waals surface area contributed by atoms with Crippen molar-refractivity contribution in [2.24, 2.45) is 0 Å². The van der Waals surface area contributed by atoms with E-state index in [1.54, 1.807) is 50.2 Å². The van der Waals surface area contributed by atoms with Gasteiger partial charge in [-0.2, -0.15) is 13.2 Å². The van der Waals surface area contributed by atoms with Crippen LogP contribution in [-0.2, 0) is 19.5 Å². The molecule has 0 saturated heterocycles. The average molecular weight is 634 g/mol. The number of aromatic nitrogens is 2. The molecule has 0 saturated carbocycles. The Morgan fingerprint density at radius 3 is 2.36 bits per heavy atom. The summed E-state index contributed by atoms with van der Waals surface area (Å²) in [5.74, 6) is 0.819. The van der Waals surface area contributed by atoms with Crippen molar-refractivity contribution in [1.82, 2.24) is 15.6 Å². The van der Waals surface area contributed by atoms with Crippen LogP contribution in [0.2, 0.25) is 0 Å². The molecule has 1 N–H and O–H groups in total. The summed E-state index contributed by atoms with van der Waals surface area (Å²) in [6.45, 7) is 4.73. The molecule has 1 aliphatic rings. The van der Waals surface area contributed by atoms with Crippen molar-refractivity contribution in [3.8, 4) is 22.6 Å². The lowest BCUT2D eigenvalue weighted by molar-refractivity contribution is -0.142. The highest BCUT2D eigenvalue weighted by Gasteiger charge is 2.42. The van der Waals surface area contributed by atoms with E-state index in [4.69, 9.17) is 18.4 Å². The van der Waals surface area contributed by atoms with E-state index in [0.717, 1.165) is 15.4 Å². The fraction of sp³-hybridized carbons (Fsp3) is 0.310. The van der Waals surface area contributed by atoms with E-state index < -0.39 is 29.0 Å². The normalized spacial score (nSPS) is 15.3. The van der Waals surface area contributed by atoms with Crippen molar-refractivity contribution >= 4 is 21.5 Å². The van der Waals surface area contributed by atoms with Crippen LogP contribution in [-0.4, -0.2) is 57.8 Å². The van der Waals surface area contributed by atoms with Crippen LogP contribution in [0.4, 0.5) is 24.7 Å². The van der Waals surface area contributed by atoms with Crippen LogP contribution in [0.3, 0.4) is 0 Å². The Morgan fingerprint density at radius 2 is 1.77 bits per heavy atom. The van der Waals surface area contributed by atoms with Crippen molar-refractivity contribution in [3.05, 3.63) is 78.0 Å². The number of halogens is 3. The van der Waals surface area contributed by atoms with Crippen molar-refractivity contribution in [1.29, 1.82) is 0 Å². The molecule has 2 aromatic carbocycles. The van der Waals surface area contributed by atoms with Crippen molar-refractivity contribution in [3.63, 3.8) is 0 Å². The van der Waals surface area contributed by atoms with Gasteiger partial charge in [-0.3, -0.25) is 5.01 Å². The van der Waals surface area contributed by atoms with Gasteiger partial charge in [0, 0.05) is 30.0 Å². The van der Waals surface area contributed by atoms with Crippen LogP contribution in [0.5, 0.6) is 0 Å². The molecule has 3 heterocycles. The third-order valence-electron chi connectivity index (χ3n) is 7.13. The second-order valence-corrected chi connectivity index (χ2v) is 11.7. The molecule has 0 amide bonds. The Bertz CT molecular complexity index is 1740. The number of nitrogens with zero attached hydrogens (tertiary/aromatic N) is 4. The molecule has 0 fully saturated rings. The van der Waals surface area contributed by atoms with E-state index in [-0.39, 0.29) is 35.2 Å². The van der Waals surface area contributed by atoms with Crippen LogP contribution >= 0.6 is 0 Å². The molecule has 0 spiro atoms. The van der Waals surface area contributed by atoms with Crippen LogP contribution in [0.1, 0.15) is 16.9 Å². The Labute approximate surface area is 251 Å². The summed E-state index contributed by atoms with van der Waals surface area (Å²) >= 11 is 0. The molecule has 2 aromatic heterocycles. The van der Waals surface area contributed by atoms with Gasteiger partial charge in [-0.05, 0) is 56.2 Å². The number of ether oxygens (including phenoxy) is 2. The Morgan fingerprint density at radius 1 is 1.05 bits per heavy atom. The summed E-state index contributed by atoms with van der Waals surface area (Å²) < 4.78 is 92.1. The number of oxazole rings is 1. The van der Waals surface area contributed by atoms with Gasteiger partial charge in [0.15, 0.2) is 5.82 Å². The number of rotatable bonds is 11. The maximum Gasteiger partial charge on any atom is 0.409 e. The van der Waals surface area contributed by atoms with Crippen molar-refractivity contribution in [2.75, 3.05) is 36.4 Å². The zero-order valence-corrected chi connectivity index (χ0v) is 25.1. The first-order valence-electron chi connectivity index (χ1n) is 13.4. The minimum absolute atomic E-state index is 0.0197. The Hall–Kier alpha value is -4.18. The number of aryl methyl sites for hydroxylation is 1. The number of methoxy groups -OCH3 is 1. The van der Waals surface area contributed by atoms with Crippen LogP contribution in [0.15, 0.2) is 75.0 Å². The zero-order chi connectivity index (χ0) is 31.6. The molecule has 4 aromatic rings. The quantitative estimate of drug-likeness (QED) is 0.167. The van der Waals surface area contributed by atoms with Gasteiger partial charge in [0.05, 0.1) is 25.1 Å². The van der Waals surface area contributed by atoms with Crippen LogP contribution in [0, 0.1) is 20.8 Å². The number of nitrogens with one attached hydrogen (secondary N) is 1. The molecule has 0 bridgehead atoms. The van der Waals surface area contributed by atoms with Gasteiger partial charge in [0.1, 0.15) is 29.7 Å². The molecule has 0 aliphatic carbocycles. The van der Waals surface area contributed by atoms with Gasteiger partial charge in [-0.15, -0.1) is 0 Å². The number of hydrogen-bond acceptors (Lipinski definition) is 10. The predicted octanol–water partition coefficient (Wildman–Crippen LogP) is 5.51. The Balaban J connectivity index is 1.65. The molecule has 1 aliphatic heterocycles. The Kier molecular flexibility index (Phi) is 8.83. The first-order valence-corrected chi connectivity index (χ1v) is 14.8.